The fourth-order valence-electron chi connectivity index (χ4n) is 3.40. The Labute approximate surface area is 156 Å². The van der Waals surface area contributed by atoms with Crippen LogP contribution >= 0.6 is 0 Å². The van der Waals surface area contributed by atoms with Crippen LogP contribution in [0.2, 0.25) is 0 Å². The predicted molar refractivity (Wildman–Crippen MR) is 95.6 cm³/mol. The Morgan fingerprint density at radius 2 is 2.19 bits per heavy atom. The molecule has 2 aromatic rings. The van der Waals surface area contributed by atoms with Gasteiger partial charge in [0.2, 0.25) is 10.0 Å². The molecule has 1 aromatic carbocycles. The summed E-state index contributed by atoms with van der Waals surface area (Å²) in [7, 11) is -2.10. The number of nitrogens with one attached hydrogen (secondary N) is 2. The third kappa shape index (κ3) is 3.55. The molecule has 2 aliphatic rings. The number of carbonyl (C=O) groups excluding carboxylic acids is 1. The number of ether oxygens (including phenoxy) is 1. The molecule has 1 aromatic heterocycles. The van der Waals surface area contributed by atoms with Crippen molar-refractivity contribution in [3.05, 3.63) is 36.2 Å². The average Bonchev–Trinajstić information content (AvgIpc) is 3.03. The first-order chi connectivity index (χ1) is 12.8. The molecule has 10 heteroatoms. The zero-order valence-electron chi connectivity index (χ0n) is 14.6. The molecule has 3 N–H and O–H groups in total. The molecule has 1 atom stereocenters. The lowest BCUT2D eigenvalue weighted by atomic mass is 9.76. The van der Waals surface area contributed by atoms with Crippen LogP contribution in [0.25, 0.3) is 0 Å². The van der Waals surface area contributed by atoms with E-state index in [1.807, 2.05) is 0 Å². The highest BCUT2D eigenvalue weighted by atomic mass is 32.2. The van der Waals surface area contributed by atoms with Gasteiger partial charge in [-0.05, 0) is 37.0 Å². The molecule has 0 saturated heterocycles. The maximum absolute atomic E-state index is 13.0. The van der Waals surface area contributed by atoms with Crippen LogP contribution in [0.1, 0.15) is 24.4 Å². The summed E-state index contributed by atoms with van der Waals surface area (Å²) in [5.41, 5.74) is 1.07. The molecule has 0 bridgehead atoms. The number of aliphatic hydroxyl groups is 1. The molecule has 0 radical (unpaired) electrons. The first-order valence-electron chi connectivity index (χ1n) is 8.57. The van der Waals surface area contributed by atoms with Crippen molar-refractivity contribution in [3.8, 4) is 5.75 Å². The fourth-order valence-corrected chi connectivity index (χ4v) is 4.72. The molecule has 144 valence electrons. The van der Waals surface area contributed by atoms with Crippen LogP contribution < -0.4 is 14.8 Å². The van der Waals surface area contributed by atoms with E-state index >= 15 is 0 Å². The Morgan fingerprint density at radius 1 is 1.41 bits per heavy atom. The second-order valence-electron chi connectivity index (χ2n) is 6.93. The number of benzene rings is 1. The highest BCUT2D eigenvalue weighted by Crippen LogP contribution is 2.39. The number of fused-ring (bicyclic) bond motifs is 1. The molecule has 4 rings (SSSR count). The molecular weight excluding hydrogens is 372 g/mol. The predicted octanol–water partition coefficient (Wildman–Crippen LogP) is 0.541. The van der Waals surface area contributed by atoms with Crippen molar-refractivity contribution in [1.82, 2.24) is 14.5 Å². The van der Waals surface area contributed by atoms with Gasteiger partial charge in [-0.2, -0.15) is 5.10 Å². The topological polar surface area (TPSA) is 123 Å². The maximum Gasteiger partial charge on any atom is 0.262 e. The van der Waals surface area contributed by atoms with Crippen molar-refractivity contribution in [2.45, 2.75) is 29.9 Å². The van der Waals surface area contributed by atoms with Crippen molar-refractivity contribution in [1.29, 1.82) is 0 Å². The minimum Gasteiger partial charge on any atom is -0.482 e. The van der Waals surface area contributed by atoms with Gasteiger partial charge in [0.25, 0.3) is 5.91 Å². The van der Waals surface area contributed by atoms with Gasteiger partial charge in [-0.15, -0.1) is 0 Å². The second-order valence-corrected chi connectivity index (χ2v) is 8.64. The Balaban J connectivity index is 1.62. The largest absolute Gasteiger partial charge is 0.482 e. The quantitative estimate of drug-likeness (QED) is 0.683. The summed E-state index contributed by atoms with van der Waals surface area (Å²) in [5, 5.41) is 16.4. The van der Waals surface area contributed by atoms with Gasteiger partial charge < -0.3 is 15.2 Å². The number of aromatic nitrogens is 2. The lowest BCUT2D eigenvalue weighted by molar-refractivity contribution is -0.118. The van der Waals surface area contributed by atoms with Crippen LogP contribution in [-0.2, 0) is 21.9 Å². The molecule has 1 amide bonds. The summed E-state index contributed by atoms with van der Waals surface area (Å²) in [6.07, 6.45) is 4.03. The molecule has 1 aliphatic heterocycles. The zero-order chi connectivity index (χ0) is 19.2. The number of hydrogen-bond donors (Lipinski definition) is 3. The van der Waals surface area contributed by atoms with Crippen molar-refractivity contribution in [2.75, 3.05) is 11.9 Å². The number of aliphatic hydroxyl groups excluding tert-OH is 1. The van der Waals surface area contributed by atoms with E-state index in [2.05, 4.69) is 15.1 Å². The van der Waals surface area contributed by atoms with Crippen LogP contribution in [0.3, 0.4) is 0 Å². The third-order valence-corrected chi connectivity index (χ3v) is 6.32. The molecule has 1 aliphatic carbocycles. The number of amides is 1. The van der Waals surface area contributed by atoms with Gasteiger partial charge in [-0.25, -0.2) is 13.1 Å². The number of carbonyl (C=O) groups is 1. The summed E-state index contributed by atoms with van der Waals surface area (Å²) in [4.78, 5) is 11.5. The van der Waals surface area contributed by atoms with Crippen molar-refractivity contribution in [3.63, 3.8) is 0 Å². The monoisotopic (exact) mass is 392 g/mol. The van der Waals surface area contributed by atoms with Crippen molar-refractivity contribution in [2.24, 2.45) is 13.0 Å². The summed E-state index contributed by atoms with van der Waals surface area (Å²) in [6, 6.07) is 3.85. The second kappa shape index (κ2) is 6.63. The minimum absolute atomic E-state index is 0.0142. The average molecular weight is 392 g/mol. The number of anilines is 1. The summed E-state index contributed by atoms with van der Waals surface area (Å²) < 4.78 is 35.5. The normalized spacial score (nSPS) is 23.0. The van der Waals surface area contributed by atoms with Gasteiger partial charge in [-0.1, -0.05) is 0 Å². The van der Waals surface area contributed by atoms with Gasteiger partial charge in [0.05, 0.1) is 28.9 Å². The van der Waals surface area contributed by atoms with Gasteiger partial charge in [0.1, 0.15) is 5.75 Å². The Kier molecular flexibility index (Phi) is 4.41. The number of sulfonamides is 1. The first kappa shape index (κ1) is 18.0. The maximum atomic E-state index is 13.0. The van der Waals surface area contributed by atoms with Crippen LogP contribution in [0, 0.1) is 5.92 Å². The van der Waals surface area contributed by atoms with E-state index < -0.39 is 22.2 Å². The van der Waals surface area contributed by atoms with Crippen LogP contribution in [0.15, 0.2) is 35.5 Å². The van der Waals surface area contributed by atoms with E-state index in [0.717, 1.165) is 5.56 Å². The molecule has 27 heavy (non-hydrogen) atoms. The van der Waals surface area contributed by atoms with Crippen LogP contribution in [0.5, 0.6) is 5.75 Å². The lowest BCUT2D eigenvalue weighted by Crippen LogP contribution is -2.41. The van der Waals surface area contributed by atoms with Crippen molar-refractivity contribution >= 4 is 21.6 Å². The Morgan fingerprint density at radius 3 is 2.85 bits per heavy atom. The van der Waals surface area contributed by atoms with E-state index in [1.165, 1.54) is 18.2 Å². The lowest BCUT2D eigenvalue weighted by Gasteiger charge is -2.37. The zero-order valence-corrected chi connectivity index (χ0v) is 15.4. The SMILES string of the molecule is Cn1cc([C@H](NS(=O)(=O)c2ccc3c(c2)NC(=O)CO3)C2CC(O)C2)cn1. The van der Waals surface area contributed by atoms with E-state index in [1.54, 1.807) is 24.1 Å². The molecular formula is C17H20N4O5S. The smallest absolute Gasteiger partial charge is 0.262 e. The molecule has 1 saturated carbocycles. The van der Waals surface area contributed by atoms with Gasteiger partial charge >= 0.3 is 0 Å². The Bertz CT molecular complexity index is 981. The standard InChI is InChI=1S/C17H20N4O5S/c1-21-8-11(7-18-21)17(10-4-12(22)5-10)20-27(24,25)13-2-3-15-14(6-13)19-16(23)9-26-15/h2-3,6-8,10,12,17,20,22H,4-5,9H2,1H3,(H,19,23)/t10?,12?,17-/m1/s1. The van der Waals surface area contributed by atoms with E-state index in [-0.39, 0.29) is 23.3 Å². The molecule has 0 unspecified atom stereocenters. The third-order valence-electron chi connectivity index (χ3n) is 4.88. The summed E-state index contributed by atoms with van der Waals surface area (Å²) in [6.45, 7) is -0.0928. The molecule has 9 nitrogen and oxygen atoms in total. The van der Waals surface area contributed by atoms with Gasteiger partial charge in [0, 0.05) is 18.8 Å². The highest BCUT2D eigenvalue weighted by molar-refractivity contribution is 7.89. The number of nitrogens with zero attached hydrogens (tertiary/aromatic N) is 2. The summed E-state index contributed by atoms with van der Waals surface area (Å²) >= 11 is 0. The molecule has 0 spiro atoms. The Hall–Kier alpha value is -2.43. The van der Waals surface area contributed by atoms with Crippen LogP contribution in [0.4, 0.5) is 5.69 Å². The van der Waals surface area contributed by atoms with Crippen molar-refractivity contribution < 1.29 is 23.1 Å². The molecule has 2 heterocycles. The van der Waals surface area contributed by atoms with Gasteiger partial charge in [0.15, 0.2) is 6.61 Å². The van der Waals surface area contributed by atoms with E-state index in [4.69, 9.17) is 4.74 Å². The number of hydrogen-bond acceptors (Lipinski definition) is 6. The number of rotatable bonds is 5. The highest BCUT2D eigenvalue weighted by Gasteiger charge is 2.38. The van der Waals surface area contributed by atoms with E-state index in [0.29, 0.717) is 24.3 Å². The first-order valence-corrected chi connectivity index (χ1v) is 10.1. The van der Waals surface area contributed by atoms with Gasteiger partial charge in [-0.3, -0.25) is 9.48 Å². The number of aryl methyl sites for hydroxylation is 1. The van der Waals surface area contributed by atoms with Crippen LogP contribution in [-0.4, -0.2) is 41.9 Å². The molecule has 1 fully saturated rings. The minimum atomic E-state index is -3.86. The van der Waals surface area contributed by atoms with E-state index in [9.17, 15) is 18.3 Å². The fraction of sp³-hybridized carbons (Fsp3) is 0.412. The summed E-state index contributed by atoms with van der Waals surface area (Å²) in [5.74, 6) is 0.0841.